The maximum Gasteiger partial charge on any atom is 0.278 e. The first-order chi connectivity index (χ1) is 16.5. The van der Waals surface area contributed by atoms with Gasteiger partial charge in [-0.3, -0.25) is 9.78 Å². The number of anilines is 2. The van der Waals surface area contributed by atoms with Gasteiger partial charge in [0.2, 0.25) is 5.95 Å². The molecular formula is C24H27N7O3. The Hall–Kier alpha value is -3.60. The molecule has 4 aromatic rings. The Bertz CT molecular complexity index is 1410. The first kappa shape index (κ1) is 22.2. The molecule has 0 radical (unpaired) electrons. The van der Waals surface area contributed by atoms with Crippen molar-refractivity contribution in [2.45, 2.75) is 39.1 Å². The van der Waals surface area contributed by atoms with Crippen LogP contribution in [0.15, 0.2) is 47.5 Å². The van der Waals surface area contributed by atoms with Gasteiger partial charge >= 0.3 is 0 Å². The molecule has 176 valence electrons. The fourth-order valence-electron chi connectivity index (χ4n) is 4.29. The molecule has 1 aliphatic heterocycles. The van der Waals surface area contributed by atoms with Crippen molar-refractivity contribution in [3.63, 3.8) is 0 Å². The summed E-state index contributed by atoms with van der Waals surface area (Å²) in [6.45, 7) is 5.68. The highest BCUT2D eigenvalue weighted by Crippen LogP contribution is 2.24. The molecule has 0 amide bonds. The Balaban J connectivity index is 1.61. The SMILES string of the molecule is COC(O)c1cc(-n2c3nc(Nc4ccc5c(c4)CNCC5)ncc3c(=O)n2C(C)C)ccn1. The summed E-state index contributed by atoms with van der Waals surface area (Å²) in [5, 5.41) is 17.2. The summed E-state index contributed by atoms with van der Waals surface area (Å²) in [6, 6.07) is 9.54. The summed E-state index contributed by atoms with van der Waals surface area (Å²) in [6.07, 6.45) is 2.95. The molecule has 3 N–H and O–H groups in total. The molecule has 0 saturated carbocycles. The Kier molecular flexibility index (Phi) is 5.86. The van der Waals surface area contributed by atoms with E-state index < -0.39 is 6.29 Å². The molecule has 0 saturated heterocycles. The van der Waals surface area contributed by atoms with E-state index in [1.54, 1.807) is 33.9 Å². The van der Waals surface area contributed by atoms with Crippen molar-refractivity contribution in [3.05, 3.63) is 69.9 Å². The maximum atomic E-state index is 13.2. The van der Waals surface area contributed by atoms with Crippen LogP contribution < -0.4 is 16.2 Å². The van der Waals surface area contributed by atoms with E-state index in [1.165, 1.54) is 18.2 Å². The molecular weight excluding hydrogens is 434 g/mol. The van der Waals surface area contributed by atoms with Crippen LogP contribution in [0.25, 0.3) is 16.7 Å². The number of hydrogen-bond donors (Lipinski definition) is 3. The van der Waals surface area contributed by atoms with Gasteiger partial charge in [-0.15, -0.1) is 0 Å². The van der Waals surface area contributed by atoms with Crippen molar-refractivity contribution in [2.24, 2.45) is 0 Å². The van der Waals surface area contributed by atoms with Gasteiger partial charge < -0.3 is 20.5 Å². The smallest absolute Gasteiger partial charge is 0.278 e. The van der Waals surface area contributed by atoms with Gasteiger partial charge in [0.15, 0.2) is 11.9 Å². The van der Waals surface area contributed by atoms with E-state index in [2.05, 4.69) is 32.7 Å². The molecule has 5 rings (SSSR count). The quantitative estimate of drug-likeness (QED) is 0.375. The molecule has 0 bridgehead atoms. The number of aliphatic hydroxyl groups excluding tert-OH is 1. The predicted octanol–water partition coefficient (Wildman–Crippen LogP) is 2.58. The van der Waals surface area contributed by atoms with Crippen molar-refractivity contribution in [1.82, 2.24) is 29.6 Å². The maximum absolute atomic E-state index is 13.2. The number of methoxy groups -OCH3 is 1. The van der Waals surface area contributed by atoms with E-state index in [9.17, 15) is 9.90 Å². The lowest BCUT2D eigenvalue weighted by atomic mass is 10.0. The third-order valence-electron chi connectivity index (χ3n) is 5.95. The van der Waals surface area contributed by atoms with Gasteiger partial charge in [0.05, 0.1) is 11.4 Å². The molecule has 1 atom stereocenters. The number of aliphatic hydroxyl groups is 1. The average molecular weight is 462 g/mol. The number of ether oxygens (including phenoxy) is 1. The van der Waals surface area contributed by atoms with E-state index in [1.807, 2.05) is 19.9 Å². The number of pyridine rings is 1. The predicted molar refractivity (Wildman–Crippen MR) is 128 cm³/mol. The molecule has 0 aliphatic carbocycles. The molecule has 0 fully saturated rings. The molecule has 10 heteroatoms. The van der Waals surface area contributed by atoms with E-state index in [4.69, 9.17) is 9.72 Å². The monoisotopic (exact) mass is 461 g/mol. The normalized spacial score (nSPS) is 14.4. The number of nitrogens with one attached hydrogen (secondary N) is 2. The van der Waals surface area contributed by atoms with Crippen LogP contribution >= 0.6 is 0 Å². The van der Waals surface area contributed by atoms with E-state index in [0.29, 0.717) is 28.4 Å². The van der Waals surface area contributed by atoms with Gasteiger partial charge in [0.25, 0.3) is 5.56 Å². The van der Waals surface area contributed by atoms with Crippen molar-refractivity contribution in [3.8, 4) is 5.69 Å². The van der Waals surface area contributed by atoms with Crippen molar-refractivity contribution >= 4 is 22.7 Å². The molecule has 1 unspecified atom stereocenters. The third kappa shape index (κ3) is 3.96. The summed E-state index contributed by atoms with van der Waals surface area (Å²) in [7, 11) is 1.40. The summed E-state index contributed by atoms with van der Waals surface area (Å²) >= 11 is 0. The number of fused-ring (bicyclic) bond motifs is 2. The lowest BCUT2D eigenvalue weighted by Gasteiger charge is -2.18. The summed E-state index contributed by atoms with van der Waals surface area (Å²) < 4.78 is 8.35. The van der Waals surface area contributed by atoms with Crippen LogP contribution in [0, 0.1) is 0 Å². The molecule has 34 heavy (non-hydrogen) atoms. The highest BCUT2D eigenvalue weighted by Gasteiger charge is 2.20. The number of benzene rings is 1. The van der Waals surface area contributed by atoms with Crippen LogP contribution in [0.4, 0.5) is 11.6 Å². The lowest BCUT2D eigenvalue weighted by Crippen LogP contribution is -2.24. The number of nitrogens with zero attached hydrogens (tertiary/aromatic N) is 5. The van der Waals surface area contributed by atoms with Crippen molar-refractivity contribution in [1.29, 1.82) is 0 Å². The van der Waals surface area contributed by atoms with Gasteiger partial charge in [-0.2, -0.15) is 4.98 Å². The highest BCUT2D eigenvalue weighted by molar-refractivity contribution is 5.77. The van der Waals surface area contributed by atoms with Crippen LogP contribution in [-0.4, -0.2) is 43.1 Å². The van der Waals surface area contributed by atoms with Crippen molar-refractivity contribution < 1.29 is 9.84 Å². The molecule has 1 aliphatic rings. The van der Waals surface area contributed by atoms with Crippen LogP contribution in [0.5, 0.6) is 0 Å². The van der Waals surface area contributed by atoms with E-state index >= 15 is 0 Å². The summed E-state index contributed by atoms with van der Waals surface area (Å²) in [5.74, 6) is 0.386. The van der Waals surface area contributed by atoms with Gasteiger partial charge in [-0.1, -0.05) is 6.07 Å². The number of hydrogen-bond acceptors (Lipinski definition) is 8. The fourth-order valence-corrected chi connectivity index (χ4v) is 4.29. The molecule has 0 spiro atoms. The second-order valence-electron chi connectivity index (χ2n) is 8.55. The molecule has 1 aromatic carbocycles. The second-order valence-corrected chi connectivity index (χ2v) is 8.55. The fraction of sp³-hybridized carbons (Fsp3) is 0.333. The molecule has 4 heterocycles. The largest absolute Gasteiger partial charge is 0.363 e. The van der Waals surface area contributed by atoms with E-state index in [-0.39, 0.29) is 11.6 Å². The zero-order valence-corrected chi connectivity index (χ0v) is 19.3. The number of aromatic nitrogens is 5. The standard InChI is InChI=1S/C24H27N7O3/c1-14(2)30-22(32)19-13-27-24(28-17-5-4-15-6-8-25-12-16(15)10-17)29-21(19)31(30)18-7-9-26-20(11-18)23(33)34-3/h4-5,7,9-11,13-14,23,25,33H,6,8,12H2,1-3H3,(H,27,28,29). The zero-order valence-electron chi connectivity index (χ0n) is 19.3. The second kappa shape index (κ2) is 8.98. The van der Waals surface area contributed by atoms with E-state index in [0.717, 1.165) is 25.2 Å². The Morgan fingerprint density at radius 2 is 2.03 bits per heavy atom. The Morgan fingerprint density at radius 1 is 1.18 bits per heavy atom. The summed E-state index contributed by atoms with van der Waals surface area (Å²) in [5.41, 5.74) is 4.71. The first-order valence-electron chi connectivity index (χ1n) is 11.2. The Morgan fingerprint density at radius 3 is 2.82 bits per heavy atom. The zero-order chi connectivity index (χ0) is 23.8. The molecule has 10 nitrogen and oxygen atoms in total. The van der Waals surface area contributed by atoms with Gasteiger partial charge in [0, 0.05) is 37.8 Å². The minimum atomic E-state index is -1.17. The lowest BCUT2D eigenvalue weighted by molar-refractivity contribution is -0.0798. The van der Waals surface area contributed by atoms with Gasteiger partial charge in [-0.25, -0.2) is 14.3 Å². The van der Waals surface area contributed by atoms with Gasteiger partial charge in [0.1, 0.15) is 5.39 Å². The third-order valence-corrected chi connectivity index (χ3v) is 5.95. The minimum Gasteiger partial charge on any atom is -0.363 e. The first-order valence-corrected chi connectivity index (χ1v) is 11.2. The average Bonchev–Trinajstić information content (AvgIpc) is 3.15. The van der Waals surface area contributed by atoms with Crippen LogP contribution in [0.2, 0.25) is 0 Å². The Labute approximate surface area is 196 Å². The van der Waals surface area contributed by atoms with Crippen LogP contribution in [-0.2, 0) is 17.7 Å². The topological polar surface area (TPSA) is 119 Å². The van der Waals surface area contributed by atoms with Gasteiger partial charge in [-0.05, 0) is 62.2 Å². The number of rotatable bonds is 6. The van der Waals surface area contributed by atoms with Crippen molar-refractivity contribution in [2.75, 3.05) is 19.0 Å². The molecule has 3 aromatic heterocycles. The van der Waals surface area contributed by atoms with Crippen LogP contribution in [0.1, 0.15) is 43.0 Å². The summed E-state index contributed by atoms with van der Waals surface area (Å²) in [4.78, 5) is 26.5. The highest BCUT2D eigenvalue weighted by atomic mass is 16.6. The van der Waals surface area contributed by atoms with Crippen LogP contribution in [0.3, 0.4) is 0 Å². The minimum absolute atomic E-state index is 0.143.